The van der Waals surface area contributed by atoms with Crippen molar-refractivity contribution in [1.82, 2.24) is 5.32 Å². The standard InChI is InChI=1S/C17H31N/c1-16(2,3)7-4-8-17(12-18-15-5-6-15)10-13-9-14(13)11-17/h13-15,18H,4-12H2,1-3H3. The largest absolute Gasteiger partial charge is 0.313 e. The second-order valence-electron chi connectivity index (χ2n) is 8.73. The quantitative estimate of drug-likeness (QED) is 0.737. The highest BCUT2D eigenvalue weighted by molar-refractivity contribution is 5.04. The smallest absolute Gasteiger partial charge is 0.00684 e. The molecule has 0 radical (unpaired) electrons. The van der Waals surface area contributed by atoms with Crippen molar-refractivity contribution in [1.29, 1.82) is 0 Å². The minimum absolute atomic E-state index is 0.520. The molecule has 1 nitrogen and oxygen atoms in total. The van der Waals surface area contributed by atoms with E-state index in [4.69, 9.17) is 0 Å². The molecule has 0 heterocycles. The molecular weight excluding hydrogens is 218 g/mol. The van der Waals surface area contributed by atoms with E-state index in [1.807, 2.05) is 0 Å². The van der Waals surface area contributed by atoms with Gasteiger partial charge in [-0.25, -0.2) is 0 Å². The van der Waals surface area contributed by atoms with Gasteiger partial charge in [0.2, 0.25) is 0 Å². The van der Waals surface area contributed by atoms with Crippen LogP contribution < -0.4 is 5.32 Å². The van der Waals surface area contributed by atoms with E-state index in [9.17, 15) is 0 Å². The molecule has 2 unspecified atom stereocenters. The lowest BCUT2D eigenvalue weighted by molar-refractivity contribution is 0.208. The molecule has 0 aliphatic heterocycles. The SMILES string of the molecule is CC(C)(C)CCCC1(CNC2CC2)CC2CC2C1. The van der Waals surface area contributed by atoms with Crippen molar-refractivity contribution < 1.29 is 0 Å². The molecule has 3 fully saturated rings. The van der Waals surface area contributed by atoms with E-state index in [2.05, 4.69) is 26.1 Å². The molecule has 18 heavy (non-hydrogen) atoms. The summed E-state index contributed by atoms with van der Waals surface area (Å²) in [5, 5.41) is 3.83. The zero-order valence-electron chi connectivity index (χ0n) is 12.6. The zero-order valence-corrected chi connectivity index (χ0v) is 12.6. The van der Waals surface area contributed by atoms with Gasteiger partial charge >= 0.3 is 0 Å². The van der Waals surface area contributed by atoms with Gasteiger partial charge in [-0.15, -0.1) is 0 Å². The predicted octanol–water partition coefficient (Wildman–Crippen LogP) is 4.37. The molecule has 3 aliphatic carbocycles. The van der Waals surface area contributed by atoms with Crippen LogP contribution in [0.1, 0.15) is 72.1 Å². The first-order valence-electron chi connectivity index (χ1n) is 8.19. The molecule has 104 valence electrons. The molecule has 1 heteroatoms. The van der Waals surface area contributed by atoms with Gasteiger partial charge in [-0.05, 0) is 67.6 Å². The minimum atomic E-state index is 0.520. The fourth-order valence-corrected chi connectivity index (χ4v) is 4.08. The van der Waals surface area contributed by atoms with Gasteiger partial charge in [-0.2, -0.15) is 0 Å². The van der Waals surface area contributed by atoms with Crippen LogP contribution in [-0.4, -0.2) is 12.6 Å². The first kappa shape index (κ1) is 13.0. The van der Waals surface area contributed by atoms with E-state index in [0.29, 0.717) is 10.8 Å². The molecule has 0 aromatic heterocycles. The van der Waals surface area contributed by atoms with E-state index >= 15 is 0 Å². The molecule has 3 rings (SSSR count). The van der Waals surface area contributed by atoms with Crippen molar-refractivity contribution in [3.8, 4) is 0 Å². The topological polar surface area (TPSA) is 12.0 Å². The normalized spacial score (nSPS) is 38.8. The van der Waals surface area contributed by atoms with Crippen LogP contribution in [0.25, 0.3) is 0 Å². The average Bonchev–Trinajstić information content (AvgIpc) is 3.15. The Bertz CT molecular complexity index is 287. The number of hydrogen-bond donors (Lipinski definition) is 1. The van der Waals surface area contributed by atoms with Gasteiger partial charge in [-0.3, -0.25) is 0 Å². The second kappa shape index (κ2) is 4.51. The van der Waals surface area contributed by atoms with Gasteiger partial charge in [0.05, 0.1) is 0 Å². The minimum Gasteiger partial charge on any atom is -0.313 e. The predicted molar refractivity (Wildman–Crippen MR) is 77.6 cm³/mol. The Labute approximate surface area is 113 Å². The molecule has 1 N–H and O–H groups in total. The van der Waals surface area contributed by atoms with Crippen molar-refractivity contribution in [2.75, 3.05) is 6.54 Å². The summed E-state index contributed by atoms with van der Waals surface area (Å²) >= 11 is 0. The Kier molecular flexibility index (Phi) is 3.25. The second-order valence-corrected chi connectivity index (χ2v) is 8.73. The highest BCUT2D eigenvalue weighted by Gasteiger charge is 2.53. The molecule has 0 aromatic rings. The van der Waals surface area contributed by atoms with Gasteiger partial charge in [0.15, 0.2) is 0 Å². The molecule has 0 aromatic carbocycles. The Morgan fingerprint density at radius 1 is 1.11 bits per heavy atom. The van der Waals surface area contributed by atoms with E-state index < -0.39 is 0 Å². The van der Waals surface area contributed by atoms with Crippen LogP contribution in [-0.2, 0) is 0 Å². The third-order valence-electron chi connectivity index (χ3n) is 5.44. The van der Waals surface area contributed by atoms with Crippen LogP contribution in [0.2, 0.25) is 0 Å². The highest BCUT2D eigenvalue weighted by Crippen LogP contribution is 2.61. The monoisotopic (exact) mass is 249 g/mol. The lowest BCUT2D eigenvalue weighted by Gasteiger charge is -2.32. The van der Waals surface area contributed by atoms with E-state index in [-0.39, 0.29) is 0 Å². The van der Waals surface area contributed by atoms with Crippen LogP contribution in [0.4, 0.5) is 0 Å². The maximum absolute atomic E-state index is 3.83. The average molecular weight is 249 g/mol. The summed E-state index contributed by atoms with van der Waals surface area (Å²) in [5.41, 5.74) is 1.22. The van der Waals surface area contributed by atoms with Gasteiger partial charge < -0.3 is 5.32 Å². The molecule has 0 bridgehead atoms. The maximum atomic E-state index is 3.83. The molecule has 0 amide bonds. The van der Waals surface area contributed by atoms with Gasteiger partial charge in [0.1, 0.15) is 0 Å². The highest BCUT2D eigenvalue weighted by atomic mass is 15.0. The van der Waals surface area contributed by atoms with Crippen molar-refractivity contribution in [2.45, 2.75) is 78.2 Å². The Morgan fingerprint density at radius 3 is 2.33 bits per heavy atom. The van der Waals surface area contributed by atoms with E-state index in [1.165, 1.54) is 38.6 Å². The number of hydrogen-bond acceptors (Lipinski definition) is 1. The third kappa shape index (κ3) is 3.29. The molecule has 3 saturated carbocycles. The number of fused-ring (bicyclic) bond motifs is 1. The fraction of sp³-hybridized carbons (Fsp3) is 1.00. The van der Waals surface area contributed by atoms with Gasteiger partial charge in [0, 0.05) is 12.6 Å². The Morgan fingerprint density at radius 2 is 1.78 bits per heavy atom. The summed E-state index contributed by atoms with van der Waals surface area (Å²) in [6.45, 7) is 8.48. The molecular formula is C17H31N. The fourth-order valence-electron chi connectivity index (χ4n) is 4.08. The van der Waals surface area contributed by atoms with Crippen LogP contribution >= 0.6 is 0 Å². The van der Waals surface area contributed by atoms with Crippen molar-refractivity contribution in [3.63, 3.8) is 0 Å². The molecule has 3 aliphatic rings. The van der Waals surface area contributed by atoms with E-state index in [1.54, 1.807) is 19.3 Å². The number of rotatable bonds is 6. The summed E-state index contributed by atoms with van der Waals surface area (Å²) in [6.07, 6.45) is 11.8. The lowest BCUT2D eigenvalue weighted by atomic mass is 9.76. The zero-order chi connectivity index (χ0) is 12.8. The molecule has 0 spiro atoms. The maximum Gasteiger partial charge on any atom is 0.00684 e. The van der Waals surface area contributed by atoms with Crippen molar-refractivity contribution in [2.24, 2.45) is 22.7 Å². The summed E-state index contributed by atoms with van der Waals surface area (Å²) in [4.78, 5) is 0. The summed E-state index contributed by atoms with van der Waals surface area (Å²) in [6, 6.07) is 0.890. The first-order valence-corrected chi connectivity index (χ1v) is 8.19. The summed E-state index contributed by atoms with van der Waals surface area (Å²) < 4.78 is 0. The van der Waals surface area contributed by atoms with Crippen LogP contribution in [0, 0.1) is 22.7 Å². The molecule has 2 atom stereocenters. The Hall–Kier alpha value is -0.0400. The van der Waals surface area contributed by atoms with Crippen LogP contribution in [0.3, 0.4) is 0 Å². The van der Waals surface area contributed by atoms with Crippen molar-refractivity contribution in [3.05, 3.63) is 0 Å². The van der Waals surface area contributed by atoms with Crippen LogP contribution in [0.15, 0.2) is 0 Å². The summed E-state index contributed by atoms with van der Waals surface area (Å²) in [7, 11) is 0. The van der Waals surface area contributed by atoms with Gasteiger partial charge in [0.25, 0.3) is 0 Å². The summed E-state index contributed by atoms with van der Waals surface area (Å²) in [5.74, 6) is 2.25. The van der Waals surface area contributed by atoms with E-state index in [0.717, 1.165) is 17.9 Å². The lowest BCUT2D eigenvalue weighted by Crippen LogP contribution is -2.34. The first-order chi connectivity index (χ1) is 8.46. The van der Waals surface area contributed by atoms with Crippen LogP contribution in [0.5, 0.6) is 0 Å². The Balaban J connectivity index is 1.49. The molecule has 0 saturated heterocycles. The third-order valence-corrected chi connectivity index (χ3v) is 5.44. The van der Waals surface area contributed by atoms with Gasteiger partial charge in [-0.1, -0.05) is 27.2 Å². The number of nitrogens with one attached hydrogen (secondary N) is 1. The van der Waals surface area contributed by atoms with Crippen molar-refractivity contribution >= 4 is 0 Å².